The van der Waals surface area contributed by atoms with Gasteiger partial charge in [0.1, 0.15) is 6.04 Å². The molecule has 0 radical (unpaired) electrons. The number of β-lactam (4-membered cyclic amide) rings is 1. The average Bonchev–Trinajstić information content (AvgIpc) is 2.62. The number of aliphatic carboxylic acids is 1. The minimum atomic E-state index is -1.34. The molecule has 1 saturated heterocycles. The van der Waals surface area contributed by atoms with E-state index in [2.05, 4.69) is 12.2 Å². The summed E-state index contributed by atoms with van der Waals surface area (Å²) in [5, 5.41) is 14.8. The number of hydrogen-bond acceptors (Lipinski definition) is 5. The van der Waals surface area contributed by atoms with Crippen LogP contribution in [0.15, 0.2) is 41.9 Å². The summed E-state index contributed by atoms with van der Waals surface area (Å²) in [6, 6.07) is 5.12. The largest absolute Gasteiger partial charge is 0.543 e. The van der Waals surface area contributed by atoms with Gasteiger partial charge in [0.05, 0.1) is 18.3 Å². The predicted molar refractivity (Wildman–Crippen MR) is 86.6 cm³/mol. The second-order valence-electron chi connectivity index (χ2n) is 6.34. The van der Waals surface area contributed by atoms with Crippen LogP contribution in [-0.4, -0.2) is 42.2 Å². The number of amides is 1. The molecule has 0 aliphatic carbocycles. The second-order valence-corrected chi connectivity index (χ2v) is 6.34. The number of rotatable bonds is 8. The van der Waals surface area contributed by atoms with Gasteiger partial charge in [-0.3, -0.25) is 9.69 Å². The van der Waals surface area contributed by atoms with Gasteiger partial charge in [0.2, 0.25) is 0 Å². The summed E-state index contributed by atoms with van der Waals surface area (Å²) in [6.07, 6.45) is 6.28. The second kappa shape index (κ2) is 7.76. The summed E-state index contributed by atoms with van der Waals surface area (Å²) in [7, 11) is 0. The highest BCUT2D eigenvalue weighted by Crippen LogP contribution is 2.32. The van der Waals surface area contributed by atoms with Crippen LogP contribution in [0.3, 0.4) is 0 Å². The zero-order chi connectivity index (χ0) is 17.8. The third-order valence-corrected chi connectivity index (χ3v) is 4.54. The Labute approximate surface area is 146 Å². The topological polar surface area (TPSA) is 85.6 Å². The number of carboxylic acid groups (broad SMARTS) is 1. The molecule has 1 aromatic rings. The molecule has 1 N–H and O–H groups in total. The SMILES string of the molecule is CCCCCN[C@H]1C(=O)N2C(C(=O)[O-])=C(C[n+]3ccccc3)CO[C@H]12. The minimum absolute atomic E-state index is 0.0517. The molecule has 2 aliphatic heterocycles. The van der Waals surface area contributed by atoms with E-state index in [1.54, 1.807) is 0 Å². The van der Waals surface area contributed by atoms with Crippen LogP contribution >= 0.6 is 0 Å². The zero-order valence-electron chi connectivity index (χ0n) is 14.3. The summed E-state index contributed by atoms with van der Waals surface area (Å²) in [6.45, 7) is 3.35. The number of nitrogens with one attached hydrogen (secondary N) is 1. The fourth-order valence-corrected chi connectivity index (χ4v) is 3.24. The number of unbranched alkanes of at least 4 members (excludes halogenated alkanes) is 2. The van der Waals surface area contributed by atoms with E-state index in [0.29, 0.717) is 12.1 Å². The maximum Gasteiger partial charge on any atom is 0.251 e. The molecule has 2 atom stereocenters. The van der Waals surface area contributed by atoms with E-state index < -0.39 is 18.2 Å². The van der Waals surface area contributed by atoms with Gasteiger partial charge >= 0.3 is 0 Å². The lowest BCUT2D eigenvalue weighted by molar-refractivity contribution is -0.689. The number of ether oxygens (including phenoxy) is 1. The molecule has 7 nitrogen and oxygen atoms in total. The normalized spacial score (nSPS) is 22.6. The van der Waals surface area contributed by atoms with Crippen LogP contribution in [0, 0.1) is 0 Å². The minimum Gasteiger partial charge on any atom is -0.543 e. The molecule has 1 amide bonds. The first-order valence-corrected chi connectivity index (χ1v) is 8.69. The molecule has 0 spiro atoms. The van der Waals surface area contributed by atoms with E-state index in [1.165, 1.54) is 4.90 Å². The Morgan fingerprint density at radius 2 is 2.12 bits per heavy atom. The molecule has 3 heterocycles. The van der Waals surface area contributed by atoms with Crippen molar-refractivity contribution in [1.29, 1.82) is 0 Å². The van der Waals surface area contributed by atoms with Crippen molar-refractivity contribution in [1.82, 2.24) is 10.2 Å². The lowest BCUT2D eigenvalue weighted by Crippen LogP contribution is -2.73. The van der Waals surface area contributed by atoms with Crippen LogP contribution in [0.4, 0.5) is 0 Å². The van der Waals surface area contributed by atoms with Gasteiger partial charge in [0.25, 0.3) is 5.91 Å². The fourth-order valence-electron chi connectivity index (χ4n) is 3.24. The third kappa shape index (κ3) is 3.57. The monoisotopic (exact) mass is 345 g/mol. The number of carboxylic acids is 1. The molecule has 3 rings (SSSR count). The Morgan fingerprint density at radius 1 is 1.36 bits per heavy atom. The number of carbonyl (C=O) groups excluding carboxylic acids is 2. The molecule has 0 unspecified atom stereocenters. The molecule has 7 heteroatoms. The van der Waals surface area contributed by atoms with Gasteiger partial charge in [0.15, 0.2) is 25.2 Å². The molecule has 1 aromatic heterocycles. The van der Waals surface area contributed by atoms with Gasteiger partial charge in [-0.1, -0.05) is 25.8 Å². The van der Waals surface area contributed by atoms with E-state index in [9.17, 15) is 14.7 Å². The highest BCUT2D eigenvalue weighted by atomic mass is 16.5. The van der Waals surface area contributed by atoms with Gasteiger partial charge in [-0.15, -0.1) is 0 Å². The molecule has 2 aliphatic rings. The lowest BCUT2D eigenvalue weighted by atomic mass is 9.98. The number of fused-ring (bicyclic) bond motifs is 1. The van der Waals surface area contributed by atoms with Crippen LogP contribution in [0.25, 0.3) is 0 Å². The summed E-state index contributed by atoms with van der Waals surface area (Å²) >= 11 is 0. The molecule has 25 heavy (non-hydrogen) atoms. The average molecular weight is 345 g/mol. The van der Waals surface area contributed by atoms with Crippen molar-refractivity contribution < 1.29 is 24.0 Å². The Balaban J connectivity index is 1.73. The quantitative estimate of drug-likeness (QED) is 0.383. The standard InChI is InChI=1S/C18H23N3O4/c1-2-3-5-8-19-14-16(22)21-15(18(23)24)13(12-25-17(14)21)11-20-9-6-4-7-10-20/h4,6-7,9-10,14,17,19H,2-3,5,8,11-12H2,1H3/t14-,17+/m0/s1. The Kier molecular flexibility index (Phi) is 5.45. The molecule has 1 fully saturated rings. The molecule has 0 aromatic carbocycles. The first kappa shape index (κ1) is 17.6. The first-order valence-electron chi connectivity index (χ1n) is 8.69. The molecular formula is C18H23N3O4. The summed E-state index contributed by atoms with van der Waals surface area (Å²) < 4.78 is 7.60. The Hall–Kier alpha value is -2.25. The maximum absolute atomic E-state index is 12.4. The van der Waals surface area contributed by atoms with E-state index >= 15 is 0 Å². The first-order chi connectivity index (χ1) is 12.1. The van der Waals surface area contributed by atoms with Gasteiger partial charge in [0, 0.05) is 17.7 Å². The number of nitrogens with zero attached hydrogens (tertiary/aromatic N) is 2. The smallest absolute Gasteiger partial charge is 0.251 e. The molecule has 134 valence electrons. The number of aromatic nitrogens is 1. The molecular weight excluding hydrogens is 322 g/mol. The predicted octanol–water partition coefficient (Wildman–Crippen LogP) is -0.675. The molecule has 0 saturated carbocycles. The van der Waals surface area contributed by atoms with Crippen molar-refractivity contribution in [3.05, 3.63) is 41.9 Å². The number of hydrogen-bond donors (Lipinski definition) is 1. The van der Waals surface area contributed by atoms with Gasteiger partial charge in [-0.25, -0.2) is 4.57 Å². The van der Waals surface area contributed by atoms with Crippen molar-refractivity contribution in [3.63, 3.8) is 0 Å². The fraction of sp³-hybridized carbons (Fsp3) is 0.500. The van der Waals surface area contributed by atoms with Gasteiger partial charge in [-0.05, 0) is 13.0 Å². The van der Waals surface area contributed by atoms with Crippen molar-refractivity contribution in [2.75, 3.05) is 13.2 Å². The van der Waals surface area contributed by atoms with Crippen LogP contribution in [-0.2, 0) is 20.9 Å². The molecule has 0 bridgehead atoms. The van der Waals surface area contributed by atoms with Crippen molar-refractivity contribution in [2.24, 2.45) is 0 Å². The van der Waals surface area contributed by atoms with E-state index in [1.807, 2.05) is 35.2 Å². The van der Waals surface area contributed by atoms with Crippen LogP contribution in [0.5, 0.6) is 0 Å². The van der Waals surface area contributed by atoms with Crippen LogP contribution < -0.4 is 15.0 Å². The van der Waals surface area contributed by atoms with Crippen LogP contribution in [0.2, 0.25) is 0 Å². The van der Waals surface area contributed by atoms with Crippen molar-refractivity contribution >= 4 is 11.9 Å². The Bertz CT molecular complexity index is 674. The van der Waals surface area contributed by atoms with Gasteiger partial charge < -0.3 is 20.0 Å². The van der Waals surface area contributed by atoms with Crippen LogP contribution in [0.1, 0.15) is 26.2 Å². The number of pyridine rings is 1. The maximum atomic E-state index is 12.4. The number of carbonyl (C=O) groups is 2. The highest BCUT2D eigenvalue weighted by molar-refractivity contribution is 5.99. The summed E-state index contributed by atoms with van der Waals surface area (Å²) in [5.74, 6) is -1.60. The van der Waals surface area contributed by atoms with E-state index in [4.69, 9.17) is 4.74 Å². The van der Waals surface area contributed by atoms with E-state index in [-0.39, 0.29) is 18.2 Å². The van der Waals surface area contributed by atoms with Gasteiger partial charge in [-0.2, -0.15) is 0 Å². The van der Waals surface area contributed by atoms with Crippen molar-refractivity contribution in [2.45, 2.75) is 45.0 Å². The lowest BCUT2D eigenvalue weighted by Gasteiger charge is -2.50. The zero-order valence-corrected chi connectivity index (χ0v) is 14.3. The third-order valence-electron chi connectivity index (χ3n) is 4.54. The van der Waals surface area contributed by atoms with E-state index in [0.717, 1.165) is 25.8 Å². The summed E-state index contributed by atoms with van der Waals surface area (Å²) in [5.41, 5.74) is 0.481. The Morgan fingerprint density at radius 3 is 2.80 bits per heavy atom. The highest BCUT2D eigenvalue weighted by Gasteiger charge is 2.52. The van der Waals surface area contributed by atoms with Crippen molar-refractivity contribution in [3.8, 4) is 0 Å². The summed E-state index contributed by atoms with van der Waals surface area (Å²) in [4.78, 5) is 25.3.